The summed E-state index contributed by atoms with van der Waals surface area (Å²) in [7, 11) is 0. The van der Waals surface area contributed by atoms with Gasteiger partial charge in [0.15, 0.2) is 6.10 Å². The van der Waals surface area contributed by atoms with E-state index in [9.17, 15) is 9.59 Å². The van der Waals surface area contributed by atoms with E-state index in [1.54, 1.807) is 29.7 Å². The molecule has 0 aromatic heterocycles. The van der Waals surface area contributed by atoms with Crippen LogP contribution < -0.4 is 0 Å². The number of carboxylic acids is 1. The number of benzene rings is 1. The van der Waals surface area contributed by atoms with Gasteiger partial charge in [0.1, 0.15) is 0 Å². The highest BCUT2D eigenvalue weighted by molar-refractivity contribution is 8.00. The standard InChI is InChI=1S/C16H21NO4S/c1-10(2)22-14-7-5-4-6-12(14)15(18)17-8-11(3)21-13(9-17)16(19)20/h4-7,10-11,13H,8-9H2,1-3H3,(H,19,20)/t11-,13?/m1/s1. The van der Waals surface area contributed by atoms with Gasteiger partial charge >= 0.3 is 5.97 Å². The van der Waals surface area contributed by atoms with Gasteiger partial charge in [-0.05, 0) is 19.1 Å². The molecule has 0 saturated carbocycles. The fourth-order valence-electron chi connectivity index (χ4n) is 2.42. The molecule has 1 aromatic carbocycles. The van der Waals surface area contributed by atoms with Gasteiger partial charge in [0.2, 0.25) is 0 Å². The van der Waals surface area contributed by atoms with Gasteiger partial charge in [-0.1, -0.05) is 26.0 Å². The Hall–Kier alpha value is -1.53. The van der Waals surface area contributed by atoms with Gasteiger partial charge < -0.3 is 14.7 Å². The number of ether oxygens (including phenoxy) is 1. The molecule has 1 saturated heterocycles. The fraction of sp³-hybridized carbons (Fsp3) is 0.500. The number of carbonyl (C=O) groups excluding carboxylic acids is 1. The second kappa shape index (κ2) is 7.15. The number of aliphatic carboxylic acids is 1. The number of thioether (sulfide) groups is 1. The van der Waals surface area contributed by atoms with Crippen LogP contribution in [0.15, 0.2) is 29.2 Å². The van der Waals surface area contributed by atoms with Crippen LogP contribution in [-0.2, 0) is 9.53 Å². The molecule has 1 aromatic rings. The molecule has 6 heteroatoms. The highest BCUT2D eigenvalue weighted by Crippen LogP contribution is 2.28. The van der Waals surface area contributed by atoms with E-state index in [4.69, 9.17) is 9.84 Å². The zero-order valence-corrected chi connectivity index (χ0v) is 13.8. The van der Waals surface area contributed by atoms with Crippen LogP contribution in [0.25, 0.3) is 0 Å². The predicted molar refractivity (Wildman–Crippen MR) is 85.3 cm³/mol. The van der Waals surface area contributed by atoms with Gasteiger partial charge in [-0.25, -0.2) is 4.79 Å². The molecular formula is C16H21NO4S. The lowest BCUT2D eigenvalue weighted by atomic mass is 10.1. The Balaban J connectivity index is 2.22. The first kappa shape index (κ1) is 16.8. The lowest BCUT2D eigenvalue weighted by Crippen LogP contribution is -2.51. The summed E-state index contributed by atoms with van der Waals surface area (Å²) in [4.78, 5) is 26.4. The van der Waals surface area contributed by atoms with Crippen LogP contribution in [0, 0.1) is 0 Å². The van der Waals surface area contributed by atoms with Gasteiger partial charge in [0.25, 0.3) is 5.91 Å². The summed E-state index contributed by atoms with van der Waals surface area (Å²) in [5.74, 6) is -1.17. The summed E-state index contributed by atoms with van der Waals surface area (Å²) in [6.07, 6.45) is -1.25. The van der Waals surface area contributed by atoms with Gasteiger partial charge in [0, 0.05) is 16.7 Å². The fourth-order valence-corrected chi connectivity index (χ4v) is 3.37. The van der Waals surface area contributed by atoms with Crippen molar-refractivity contribution in [3.63, 3.8) is 0 Å². The normalized spacial score (nSPS) is 21.9. The average molecular weight is 323 g/mol. The Morgan fingerprint density at radius 3 is 2.64 bits per heavy atom. The maximum absolute atomic E-state index is 12.8. The van der Waals surface area contributed by atoms with Crippen LogP contribution in [0.4, 0.5) is 0 Å². The summed E-state index contributed by atoms with van der Waals surface area (Å²) in [5.41, 5.74) is 0.624. The maximum Gasteiger partial charge on any atom is 0.334 e. The van der Waals surface area contributed by atoms with Crippen molar-refractivity contribution in [1.82, 2.24) is 4.90 Å². The van der Waals surface area contributed by atoms with Gasteiger partial charge in [-0.2, -0.15) is 0 Å². The summed E-state index contributed by atoms with van der Waals surface area (Å²) in [5, 5.41) is 9.50. The van der Waals surface area contributed by atoms with Crippen LogP contribution in [0.2, 0.25) is 0 Å². The molecule has 1 N–H and O–H groups in total. The minimum absolute atomic E-state index is 0.0825. The molecule has 0 bridgehead atoms. The third-order valence-corrected chi connectivity index (χ3v) is 4.38. The first-order chi connectivity index (χ1) is 10.4. The molecular weight excluding hydrogens is 302 g/mol. The second-order valence-corrected chi connectivity index (χ2v) is 7.26. The summed E-state index contributed by atoms with van der Waals surface area (Å²) in [6.45, 7) is 6.42. The van der Waals surface area contributed by atoms with Crippen molar-refractivity contribution in [3.8, 4) is 0 Å². The maximum atomic E-state index is 12.8. The average Bonchev–Trinajstić information content (AvgIpc) is 2.45. The molecule has 1 aliphatic heterocycles. The highest BCUT2D eigenvalue weighted by atomic mass is 32.2. The van der Waals surface area contributed by atoms with E-state index in [2.05, 4.69) is 13.8 Å². The number of hydrogen-bond donors (Lipinski definition) is 1. The number of morpholine rings is 1. The minimum atomic E-state index is -1.03. The second-order valence-electron chi connectivity index (χ2n) is 5.65. The van der Waals surface area contributed by atoms with Crippen LogP contribution in [-0.4, -0.2) is 52.4 Å². The predicted octanol–water partition coefficient (Wildman–Crippen LogP) is 2.50. The molecule has 0 radical (unpaired) electrons. The Morgan fingerprint density at radius 2 is 2.00 bits per heavy atom. The Bertz CT molecular complexity index is 561. The monoisotopic (exact) mass is 323 g/mol. The lowest BCUT2D eigenvalue weighted by molar-refractivity contribution is -0.160. The van der Waals surface area contributed by atoms with Crippen molar-refractivity contribution in [1.29, 1.82) is 0 Å². The van der Waals surface area contributed by atoms with E-state index in [0.717, 1.165) is 4.90 Å². The number of hydrogen-bond acceptors (Lipinski definition) is 4. The quantitative estimate of drug-likeness (QED) is 0.862. The van der Waals surface area contributed by atoms with E-state index >= 15 is 0 Å². The SMILES string of the molecule is CC(C)Sc1ccccc1C(=O)N1CC(C(=O)O)O[C@H](C)C1. The molecule has 1 aliphatic rings. The van der Waals surface area contributed by atoms with Crippen molar-refractivity contribution in [2.45, 2.75) is 43.1 Å². The molecule has 1 amide bonds. The van der Waals surface area contributed by atoms with Gasteiger partial charge in [0.05, 0.1) is 18.2 Å². The van der Waals surface area contributed by atoms with Crippen LogP contribution in [0.1, 0.15) is 31.1 Å². The Kier molecular flexibility index (Phi) is 5.47. The largest absolute Gasteiger partial charge is 0.479 e. The minimum Gasteiger partial charge on any atom is -0.479 e. The molecule has 1 heterocycles. The van der Waals surface area contributed by atoms with E-state index in [0.29, 0.717) is 17.4 Å². The van der Waals surface area contributed by atoms with Crippen molar-refractivity contribution in [2.75, 3.05) is 13.1 Å². The molecule has 22 heavy (non-hydrogen) atoms. The first-order valence-corrected chi connectivity index (χ1v) is 8.19. The number of rotatable bonds is 4. The molecule has 120 valence electrons. The van der Waals surface area contributed by atoms with E-state index in [-0.39, 0.29) is 18.6 Å². The Morgan fingerprint density at radius 1 is 1.32 bits per heavy atom. The number of carbonyl (C=O) groups is 2. The molecule has 1 unspecified atom stereocenters. The number of nitrogens with zero attached hydrogens (tertiary/aromatic N) is 1. The summed E-state index contributed by atoms with van der Waals surface area (Å²) in [6, 6.07) is 7.46. The molecule has 0 spiro atoms. The van der Waals surface area contributed by atoms with Gasteiger partial charge in [-0.3, -0.25) is 4.79 Å². The zero-order valence-electron chi connectivity index (χ0n) is 13.0. The molecule has 2 atom stereocenters. The molecule has 1 fully saturated rings. The number of amides is 1. The smallest absolute Gasteiger partial charge is 0.334 e. The molecule has 0 aliphatic carbocycles. The summed E-state index contributed by atoms with van der Waals surface area (Å²) < 4.78 is 5.36. The zero-order chi connectivity index (χ0) is 16.3. The number of carboxylic acid groups (broad SMARTS) is 1. The molecule has 2 rings (SSSR count). The van der Waals surface area contributed by atoms with Crippen LogP contribution in [0.3, 0.4) is 0 Å². The highest BCUT2D eigenvalue weighted by Gasteiger charge is 2.33. The Labute approximate surface area is 134 Å². The van der Waals surface area contributed by atoms with Crippen LogP contribution in [0.5, 0.6) is 0 Å². The van der Waals surface area contributed by atoms with Crippen molar-refractivity contribution in [2.24, 2.45) is 0 Å². The van der Waals surface area contributed by atoms with Crippen molar-refractivity contribution >= 4 is 23.6 Å². The van der Waals surface area contributed by atoms with E-state index in [1.165, 1.54) is 0 Å². The molecule has 5 nitrogen and oxygen atoms in total. The lowest BCUT2D eigenvalue weighted by Gasteiger charge is -2.35. The summed E-state index contributed by atoms with van der Waals surface area (Å²) >= 11 is 1.63. The van der Waals surface area contributed by atoms with Crippen molar-refractivity contribution in [3.05, 3.63) is 29.8 Å². The topological polar surface area (TPSA) is 66.8 Å². The first-order valence-electron chi connectivity index (χ1n) is 7.31. The van der Waals surface area contributed by atoms with E-state index in [1.807, 2.05) is 18.2 Å². The van der Waals surface area contributed by atoms with Crippen LogP contribution >= 0.6 is 11.8 Å². The van der Waals surface area contributed by atoms with E-state index < -0.39 is 12.1 Å². The third-order valence-electron chi connectivity index (χ3n) is 3.30. The van der Waals surface area contributed by atoms with Crippen molar-refractivity contribution < 1.29 is 19.4 Å². The van der Waals surface area contributed by atoms with Gasteiger partial charge in [-0.15, -0.1) is 11.8 Å². The third kappa shape index (κ3) is 4.01.